The molecule has 3 rings (SSSR count). The summed E-state index contributed by atoms with van der Waals surface area (Å²) < 4.78 is 56.7. The Bertz CT molecular complexity index is 984. The number of anilines is 1. The number of hydrogen-bond acceptors (Lipinski definition) is 6. The molecule has 32 heavy (non-hydrogen) atoms. The minimum Gasteiger partial charge on any atom is -0.484 e. The first-order valence-corrected chi connectivity index (χ1v) is 9.80. The molecule has 13 heteroatoms. The monoisotopic (exact) mass is 475 g/mol. The minimum absolute atomic E-state index is 0.0613. The fourth-order valence-electron chi connectivity index (χ4n) is 2.96. The van der Waals surface area contributed by atoms with Gasteiger partial charge in [-0.2, -0.15) is 13.2 Å². The average molecular weight is 476 g/mol. The summed E-state index contributed by atoms with van der Waals surface area (Å²) >= 11 is 5.58. The standard InChI is InChI=1S/C19H18ClF4N5O3/c20-12-3-2-11(5-13(12)21)32-9-17(30)27-10-1-4-14(26-6-10)18(31)29-16-8-25-7-15(28-16)19(22,23)24/h2-3,5,7-8,10,14,26H,1,4,6,9H2,(H,27,30)(H,28,29,31)/t10-,14+/m0/s1. The van der Waals surface area contributed by atoms with E-state index in [-0.39, 0.29) is 35.8 Å². The highest BCUT2D eigenvalue weighted by Crippen LogP contribution is 2.27. The van der Waals surface area contributed by atoms with Crippen molar-refractivity contribution in [3.8, 4) is 5.75 Å². The van der Waals surface area contributed by atoms with Gasteiger partial charge in [-0.1, -0.05) is 11.6 Å². The third kappa shape index (κ3) is 6.50. The molecule has 1 aliphatic rings. The van der Waals surface area contributed by atoms with Gasteiger partial charge in [-0.3, -0.25) is 14.6 Å². The largest absolute Gasteiger partial charge is 0.484 e. The quantitative estimate of drug-likeness (QED) is 0.555. The first-order chi connectivity index (χ1) is 15.1. The SMILES string of the molecule is O=C(COc1ccc(Cl)c(F)c1)N[C@H]1CC[C@H](C(=O)Nc2cncc(C(F)(F)F)n2)NC1. The van der Waals surface area contributed by atoms with E-state index in [1.807, 2.05) is 0 Å². The van der Waals surface area contributed by atoms with E-state index in [1.165, 1.54) is 12.1 Å². The molecule has 0 aliphatic carbocycles. The molecule has 1 aliphatic heterocycles. The number of alkyl halides is 3. The third-order valence-electron chi connectivity index (χ3n) is 4.53. The average Bonchev–Trinajstić information content (AvgIpc) is 2.74. The van der Waals surface area contributed by atoms with Crippen molar-refractivity contribution in [3.63, 3.8) is 0 Å². The van der Waals surface area contributed by atoms with Gasteiger partial charge in [0.25, 0.3) is 5.91 Å². The maximum atomic E-state index is 13.4. The molecule has 2 atom stereocenters. The van der Waals surface area contributed by atoms with Gasteiger partial charge in [0.2, 0.25) is 5.91 Å². The molecule has 2 amide bonds. The first kappa shape index (κ1) is 23.7. The second-order valence-electron chi connectivity index (χ2n) is 6.94. The molecule has 2 heterocycles. The Morgan fingerprint density at radius 1 is 1.25 bits per heavy atom. The molecule has 172 valence electrons. The number of rotatable bonds is 6. The van der Waals surface area contributed by atoms with Gasteiger partial charge in [-0.15, -0.1) is 0 Å². The molecule has 0 bridgehead atoms. The lowest BCUT2D eigenvalue weighted by Gasteiger charge is -2.29. The Hall–Kier alpha value is -2.99. The van der Waals surface area contributed by atoms with Crippen molar-refractivity contribution in [2.45, 2.75) is 31.1 Å². The molecule has 0 radical (unpaired) electrons. The molecular weight excluding hydrogens is 458 g/mol. The van der Waals surface area contributed by atoms with Gasteiger partial charge in [0, 0.05) is 18.7 Å². The van der Waals surface area contributed by atoms with Gasteiger partial charge in [0.1, 0.15) is 11.6 Å². The van der Waals surface area contributed by atoms with E-state index in [2.05, 4.69) is 25.9 Å². The van der Waals surface area contributed by atoms with Gasteiger partial charge in [-0.25, -0.2) is 9.37 Å². The van der Waals surface area contributed by atoms with Crippen molar-refractivity contribution in [2.75, 3.05) is 18.5 Å². The second kappa shape index (κ2) is 10.1. The highest BCUT2D eigenvalue weighted by molar-refractivity contribution is 6.30. The summed E-state index contributed by atoms with van der Waals surface area (Å²) in [5.74, 6) is -1.82. The Balaban J connectivity index is 1.43. The van der Waals surface area contributed by atoms with Crippen molar-refractivity contribution in [1.82, 2.24) is 20.6 Å². The summed E-state index contributed by atoms with van der Waals surface area (Å²) in [6.45, 7) is -0.0800. The number of nitrogens with one attached hydrogen (secondary N) is 3. The number of carbonyl (C=O) groups excluding carboxylic acids is 2. The van der Waals surface area contributed by atoms with Crippen molar-refractivity contribution >= 4 is 29.2 Å². The summed E-state index contributed by atoms with van der Waals surface area (Å²) in [6.07, 6.45) is -2.32. The van der Waals surface area contributed by atoms with Crippen LogP contribution in [0.1, 0.15) is 18.5 Å². The normalized spacial score (nSPS) is 18.7. The van der Waals surface area contributed by atoms with E-state index in [9.17, 15) is 27.2 Å². The van der Waals surface area contributed by atoms with Crippen LogP contribution >= 0.6 is 11.6 Å². The van der Waals surface area contributed by atoms with Gasteiger partial charge in [0.15, 0.2) is 18.1 Å². The predicted octanol–water partition coefficient (Wildman–Crippen LogP) is 2.54. The zero-order valence-corrected chi connectivity index (χ0v) is 17.1. The van der Waals surface area contributed by atoms with Crippen LogP contribution in [0.3, 0.4) is 0 Å². The number of hydrogen-bond donors (Lipinski definition) is 3. The van der Waals surface area contributed by atoms with E-state index in [0.29, 0.717) is 19.0 Å². The molecule has 2 aromatic rings. The van der Waals surface area contributed by atoms with Gasteiger partial charge >= 0.3 is 6.18 Å². The van der Waals surface area contributed by atoms with E-state index in [1.54, 1.807) is 0 Å². The third-order valence-corrected chi connectivity index (χ3v) is 4.84. The summed E-state index contributed by atoms with van der Waals surface area (Å²) in [7, 11) is 0. The van der Waals surface area contributed by atoms with Gasteiger partial charge in [-0.05, 0) is 25.0 Å². The van der Waals surface area contributed by atoms with Crippen LogP contribution in [-0.2, 0) is 15.8 Å². The molecule has 0 spiro atoms. The van der Waals surface area contributed by atoms with Crippen LogP contribution in [0.25, 0.3) is 0 Å². The number of ether oxygens (including phenoxy) is 1. The summed E-state index contributed by atoms with van der Waals surface area (Å²) in [4.78, 5) is 31.1. The Morgan fingerprint density at radius 3 is 2.69 bits per heavy atom. The zero-order valence-electron chi connectivity index (χ0n) is 16.4. The maximum absolute atomic E-state index is 13.4. The number of aromatic nitrogens is 2. The van der Waals surface area contributed by atoms with E-state index in [0.717, 1.165) is 12.3 Å². The Labute approximate surface area is 184 Å². The number of amides is 2. The lowest BCUT2D eigenvalue weighted by molar-refractivity contribution is -0.141. The number of halogens is 5. The van der Waals surface area contributed by atoms with E-state index in [4.69, 9.17) is 16.3 Å². The molecule has 1 aromatic heterocycles. The number of benzene rings is 1. The van der Waals surface area contributed by atoms with Crippen LogP contribution in [0.15, 0.2) is 30.6 Å². The minimum atomic E-state index is -4.67. The lowest BCUT2D eigenvalue weighted by Crippen LogP contribution is -2.53. The summed E-state index contributed by atoms with van der Waals surface area (Å²) in [6, 6.07) is 2.85. The lowest BCUT2D eigenvalue weighted by atomic mass is 10.00. The molecule has 1 aromatic carbocycles. The summed E-state index contributed by atoms with van der Waals surface area (Å²) in [5, 5.41) is 7.89. The fraction of sp³-hybridized carbons (Fsp3) is 0.368. The van der Waals surface area contributed by atoms with Crippen molar-refractivity contribution < 1.29 is 31.9 Å². The van der Waals surface area contributed by atoms with Crippen molar-refractivity contribution in [3.05, 3.63) is 47.1 Å². The van der Waals surface area contributed by atoms with Gasteiger partial charge < -0.3 is 20.7 Å². The maximum Gasteiger partial charge on any atom is 0.434 e. The highest BCUT2D eigenvalue weighted by Gasteiger charge is 2.33. The first-order valence-electron chi connectivity index (χ1n) is 9.42. The van der Waals surface area contributed by atoms with Crippen LogP contribution in [0, 0.1) is 5.82 Å². The smallest absolute Gasteiger partial charge is 0.434 e. The van der Waals surface area contributed by atoms with Crippen molar-refractivity contribution in [1.29, 1.82) is 0 Å². The second-order valence-corrected chi connectivity index (χ2v) is 7.35. The van der Waals surface area contributed by atoms with Crippen LogP contribution in [0.2, 0.25) is 5.02 Å². The molecular formula is C19H18ClF4N5O3. The Morgan fingerprint density at radius 2 is 2.03 bits per heavy atom. The predicted molar refractivity (Wildman–Crippen MR) is 106 cm³/mol. The van der Waals surface area contributed by atoms with Crippen molar-refractivity contribution in [2.24, 2.45) is 0 Å². The van der Waals surface area contributed by atoms with Crippen LogP contribution in [-0.4, -0.2) is 47.0 Å². The molecule has 3 N–H and O–H groups in total. The number of nitrogens with zero attached hydrogens (tertiary/aromatic N) is 2. The topological polar surface area (TPSA) is 105 Å². The van der Waals surface area contributed by atoms with Crippen LogP contribution < -0.4 is 20.7 Å². The molecule has 0 unspecified atom stereocenters. The summed E-state index contributed by atoms with van der Waals surface area (Å²) in [5.41, 5.74) is -1.21. The Kier molecular flexibility index (Phi) is 7.46. The van der Waals surface area contributed by atoms with E-state index >= 15 is 0 Å². The number of carbonyl (C=O) groups is 2. The zero-order chi connectivity index (χ0) is 23.3. The molecule has 0 saturated carbocycles. The van der Waals surface area contributed by atoms with E-state index < -0.39 is 35.5 Å². The number of piperidine rings is 1. The molecule has 8 nitrogen and oxygen atoms in total. The van der Waals surface area contributed by atoms with Crippen LogP contribution in [0.5, 0.6) is 5.75 Å². The molecule has 1 saturated heterocycles. The molecule has 1 fully saturated rings. The fourth-order valence-corrected chi connectivity index (χ4v) is 3.08. The van der Waals surface area contributed by atoms with Gasteiger partial charge in [0.05, 0.1) is 23.5 Å². The van der Waals surface area contributed by atoms with Crippen LogP contribution in [0.4, 0.5) is 23.4 Å². The highest BCUT2D eigenvalue weighted by atomic mass is 35.5.